The SMILES string of the molecule is CCN(CC(F)(F)F)C(=O)COc1ccc(N)cc1. The van der Waals surface area contributed by atoms with Crippen LogP contribution in [-0.2, 0) is 4.79 Å². The highest BCUT2D eigenvalue weighted by Gasteiger charge is 2.32. The molecular formula is C12H15F3N2O2. The van der Waals surface area contributed by atoms with Crippen molar-refractivity contribution in [2.75, 3.05) is 25.4 Å². The number of hydrogen-bond acceptors (Lipinski definition) is 3. The van der Waals surface area contributed by atoms with Crippen LogP contribution in [0, 0.1) is 0 Å². The molecule has 0 radical (unpaired) electrons. The van der Waals surface area contributed by atoms with Crippen molar-refractivity contribution in [1.82, 2.24) is 4.90 Å². The lowest BCUT2D eigenvalue weighted by Gasteiger charge is -2.22. The quantitative estimate of drug-likeness (QED) is 0.837. The number of hydrogen-bond donors (Lipinski definition) is 1. The number of carbonyl (C=O) groups is 1. The molecule has 0 unspecified atom stereocenters. The molecule has 0 aromatic heterocycles. The normalized spacial score (nSPS) is 11.2. The van der Waals surface area contributed by atoms with Crippen molar-refractivity contribution < 1.29 is 22.7 Å². The molecule has 0 saturated carbocycles. The maximum absolute atomic E-state index is 12.2. The monoisotopic (exact) mass is 276 g/mol. The number of benzene rings is 1. The fourth-order valence-electron chi connectivity index (χ4n) is 1.39. The Bertz CT molecular complexity index is 418. The molecule has 0 atom stereocenters. The van der Waals surface area contributed by atoms with Crippen LogP contribution in [0.25, 0.3) is 0 Å². The molecule has 0 spiro atoms. The number of nitrogens with two attached hydrogens (primary N) is 1. The van der Waals surface area contributed by atoms with Crippen LogP contribution in [0.15, 0.2) is 24.3 Å². The molecule has 7 heteroatoms. The van der Waals surface area contributed by atoms with Crippen LogP contribution in [0.5, 0.6) is 5.75 Å². The first-order valence-corrected chi connectivity index (χ1v) is 5.64. The van der Waals surface area contributed by atoms with Crippen LogP contribution in [0.4, 0.5) is 18.9 Å². The van der Waals surface area contributed by atoms with Gasteiger partial charge in [-0.3, -0.25) is 4.79 Å². The van der Waals surface area contributed by atoms with E-state index in [0.717, 1.165) is 0 Å². The van der Waals surface area contributed by atoms with Crippen molar-refractivity contribution in [3.8, 4) is 5.75 Å². The van der Waals surface area contributed by atoms with Crippen molar-refractivity contribution in [3.05, 3.63) is 24.3 Å². The second kappa shape index (κ2) is 6.31. The first-order valence-electron chi connectivity index (χ1n) is 5.64. The zero-order valence-electron chi connectivity index (χ0n) is 10.4. The molecule has 1 amide bonds. The summed E-state index contributed by atoms with van der Waals surface area (Å²) < 4.78 is 41.7. The molecule has 0 aliphatic heterocycles. The van der Waals surface area contributed by atoms with Crippen LogP contribution < -0.4 is 10.5 Å². The first-order chi connectivity index (χ1) is 8.81. The standard InChI is InChI=1S/C12H15F3N2O2/c1-2-17(8-12(13,14)15)11(18)7-19-10-5-3-9(16)4-6-10/h3-6H,2,7-8,16H2,1H3. The van der Waals surface area contributed by atoms with Gasteiger partial charge in [-0.15, -0.1) is 0 Å². The fourth-order valence-corrected chi connectivity index (χ4v) is 1.39. The summed E-state index contributed by atoms with van der Waals surface area (Å²) in [5.41, 5.74) is 6.00. The Balaban J connectivity index is 2.51. The highest BCUT2D eigenvalue weighted by Crippen LogP contribution is 2.17. The molecule has 0 aliphatic carbocycles. The van der Waals surface area contributed by atoms with E-state index in [1.165, 1.54) is 6.92 Å². The van der Waals surface area contributed by atoms with Crippen molar-refractivity contribution in [3.63, 3.8) is 0 Å². The highest BCUT2D eigenvalue weighted by molar-refractivity contribution is 5.77. The number of nitrogens with zero attached hydrogens (tertiary/aromatic N) is 1. The number of ether oxygens (including phenoxy) is 1. The predicted octanol–water partition coefficient (Wildman–Crippen LogP) is 2.06. The molecule has 2 N–H and O–H groups in total. The minimum absolute atomic E-state index is 0.0244. The Morgan fingerprint density at radius 2 is 1.89 bits per heavy atom. The maximum Gasteiger partial charge on any atom is 0.406 e. The van der Waals surface area contributed by atoms with E-state index >= 15 is 0 Å². The molecule has 1 aromatic rings. The predicted molar refractivity (Wildman–Crippen MR) is 64.7 cm³/mol. The minimum atomic E-state index is -4.41. The molecule has 4 nitrogen and oxygen atoms in total. The molecule has 19 heavy (non-hydrogen) atoms. The van der Waals surface area contributed by atoms with E-state index in [9.17, 15) is 18.0 Å². The Hall–Kier alpha value is -1.92. The van der Waals surface area contributed by atoms with E-state index in [4.69, 9.17) is 10.5 Å². The topological polar surface area (TPSA) is 55.6 Å². The smallest absolute Gasteiger partial charge is 0.406 e. The van der Waals surface area contributed by atoms with E-state index < -0.39 is 25.2 Å². The van der Waals surface area contributed by atoms with Crippen LogP contribution in [0.1, 0.15) is 6.92 Å². The zero-order valence-corrected chi connectivity index (χ0v) is 10.4. The third-order valence-corrected chi connectivity index (χ3v) is 2.35. The number of halogens is 3. The van der Waals surface area contributed by atoms with Crippen LogP contribution in [0.2, 0.25) is 0 Å². The van der Waals surface area contributed by atoms with Gasteiger partial charge in [-0.25, -0.2) is 0 Å². The number of anilines is 1. The van der Waals surface area contributed by atoms with Crippen LogP contribution in [0.3, 0.4) is 0 Å². The average molecular weight is 276 g/mol. The summed E-state index contributed by atoms with van der Waals surface area (Å²) in [5, 5.41) is 0. The number of alkyl halides is 3. The Labute approximate surface area is 108 Å². The van der Waals surface area contributed by atoms with E-state index in [1.54, 1.807) is 24.3 Å². The zero-order chi connectivity index (χ0) is 14.5. The van der Waals surface area contributed by atoms with Crippen LogP contribution >= 0.6 is 0 Å². The van der Waals surface area contributed by atoms with E-state index in [-0.39, 0.29) is 6.54 Å². The Kier molecular flexibility index (Phi) is 5.02. The van der Waals surface area contributed by atoms with Crippen molar-refractivity contribution >= 4 is 11.6 Å². The molecule has 0 fully saturated rings. The highest BCUT2D eigenvalue weighted by atomic mass is 19.4. The molecule has 106 valence electrons. The Morgan fingerprint density at radius 3 is 2.37 bits per heavy atom. The number of carbonyl (C=O) groups excluding carboxylic acids is 1. The molecule has 1 rings (SSSR count). The van der Waals surface area contributed by atoms with Crippen molar-refractivity contribution in [2.45, 2.75) is 13.1 Å². The molecule has 0 saturated heterocycles. The van der Waals surface area contributed by atoms with Gasteiger partial charge in [0.2, 0.25) is 0 Å². The third-order valence-electron chi connectivity index (χ3n) is 2.35. The van der Waals surface area contributed by atoms with Gasteiger partial charge in [-0.2, -0.15) is 13.2 Å². The van der Waals surface area contributed by atoms with Crippen LogP contribution in [-0.4, -0.2) is 36.7 Å². The summed E-state index contributed by atoms with van der Waals surface area (Å²) in [5.74, 6) is -0.331. The Morgan fingerprint density at radius 1 is 1.32 bits per heavy atom. The average Bonchev–Trinajstić information content (AvgIpc) is 2.34. The van der Waals surface area contributed by atoms with Crippen molar-refractivity contribution in [1.29, 1.82) is 0 Å². The fraction of sp³-hybridized carbons (Fsp3) is 0.417. The molecule has 0 aliphatic rings. The van der Waals surface area contributed by atoms with Crippen molar-refractivity contribution in [2.24, 2.45) is 0 Å². The number of nitrogen functional groups attached to an aromatic ring is 1. The second-order valence-electron chi connectivity index (χ2n) is 3.88. The number of rotatable bonds is 5. The first kappa shape index (κ1) is 15.1. The number of likely N-dealkylation sites (N-methyl/N-ethyl adjacent to an activating group) is 1. The number of amides is 1. The van der Waals surface area contributed by atoms with Gasteiger partial charge in [-0.05, 0) is 31.2 Å². The van der Waals surface area contributed by atoms with Gasteiger partial charge in [0.25, 0.3) is 5.91 Å². The maximum atomic E-state index is 12.2. The summed E-state index contributed by atoms with van der Waals surface area (Å²) in [6.45, 7) is -0.252. The summed E-state index contributed by atoms with van der Waals surface area (Å²) in [7, 11) is 0. The summed E-state index contributed by atoms with van der Waals surface area (Å²) in [6, 6.07) is 6.24. The van der Waals surface area contributed by atoms with Gasteiger partial charge >= 0.3 is 6.18 Å². The summed E-state index contributed by atoms with van der Waals surface area (Å²) in [4.78, 5) is 12.3. The largest absolute Gasteiger partial charge is 0.484 e. The van der Waals surface area contributed by atoms with E-state index in [0.29, 0.717) is 16.3 Å². The lowest BCUT2D eigenvalue weighted by Crippen LogP contribution is -2.41. The third kappa shape index (κ3) is 5.50. The lowest BCUT2D eigenvalue weighted by atomic mass is 10.3. The van der Waals surface area contributed by atoms with Gasteiger partial charge in [-0.1, -0.05) is 0 Å². The van der Waals surface area contributed by atoms with Gasteiger partial charge in [0.15, 0.2) is 6.61 Å². The molecule has 1 aromatic carbocycles. The summed E-state index contributed by atoms with van der Waals surface area (Å²) in [6.07, 6.45) is -4.41. The van der Waals surface area contributed by atoms with E-state index in [2.05, 4.69) is 0 Å². The minimum Gasteiger partial charge on any atom is -0.484 e. The van der Waals surface area contributed by atoms with Gasteiger partial charge in [0.05, 0.1) is 0 Å². The van der Waals surface area contributed by atoms with Gasteiger partial charge < -0.3 is 15.4 Å². The molecule has 0 heterocycles. The van der Waals surface area contributed by atoms with E-state index in [1.807, 2.05) is 0 Å². The van der Waals surface area contributed by atoms with Gasteiger partial charge in [0, 0.05) is 12.2 Å². The molecular weight excluding hydrogens is 261 g/mol. The lowest BCUT2D eigenvalue weighted by molar-refractivity contribution is -0.161. The van der Waals surface area contributed by atoms with Gasteiger partial charge in [0.1, 0.15) is 12.3 Å². The second-order valence-corrected chi connectivity index (χ2v) is 3.88. The summed E-state index contributed by atoms with van der Waals surface area (Å²) >= 11 is 0. The molecule has 0 bridgehead atoms.